The first-order valence-electron chi connectivity index (χ1n) is 18.6. The summed E-state index contributed by atoms with van der Waals surface area (Å²) >= 11 is 0. The highest BCUT2D eigenvalue weighted by Gasteiger charge is 2.27. The zero-order chi connectivity index (χ0) is 36.3. The normalized spacial score (nSPS) is 14.6. The summed E-state index contributed by atoms with van der Waals surface area (Å²) < 4.78 is 32.4. The van der Waals surface area contributed by atoms with E-state index in [4.69, 9.17) is 19.1 Å². The zero-order valence-electron chi connectivity index (χ0n) is 30.4. The Labute approximate surface area is 296 Å². The fraction of sp³-hybridized carbons (Fsp3) is 0.737. The molecular weight excluding hydrogens is 647 g/mol. The summed E-state index contributed by atoms with van der Waals surface area (Å²) in [5.41, 5.74) is 0. The summed E-state index contributed by atoms with van der Waals surface area (Å²) in [6.07, 6.45) is 33.8. The van der Waals surface area contributed by atoms with Crippen molar-refractivity contribution in [1.29, 1.82) is 0 Å². The number of allylic oxidation sites excluding steroid dienone is 8. The SMILES string of the molecule is CCCCC/C=C\C/C=C\C/C=C\C/C=C\CCCC(=O)O[C@H](COC(=O)CCCCCCCCCCC)COP(=O)(O)OC[C@@H](O)CO. The summed E-state index contributed by atoms with van der Waals surface area (Å²) in [6.45, 7) is 2.23. The maximum Gasteiger partial charge on any atom is 0.472 e. The summed E-state index contributed by atoms with van der Waals surface area (Å²) in [5.74, 6) is -0.997. The van der Waals surface area contributed by atoms with Gasteiger partial charge in [0.1, 0.15) is 12.7 Å². The van der Waals surface area contributed by atoms with Gasteiger partial charge in [-0.05, 0) is 51.4 Å². The molecule has 0 aromatic rings. The van der Waals surface area contributed by atoms with Gasteiger partial charge in [0.2, 0.25) is 0 Å². The Morgan fingerprint density at radius 2 is 1.08 bits per heavy atom. The molecule has 3 atom stereocenters. The van der Waals surface area contributed by atoms with E-state index < -0.39 is 51.8 Å². The lowest BCUT2D eigenvalue weighted by Crippen LogP contribution is -2.29. The van der Waals surface area contributed by atoms with Crippen molar-refractivity contribution in [3.8, 4) is 0 Å². The van der Waals surface area contributed by atoms with E-state index in [9.17, 15) is 24.2 Å². The molecule has 0 fully saturated rings. The molecule has 0 spiro atoms. The molecule has 0 aliphatic heterocycles. The van der Waals surface area contributed by atoms with Crippen LogP contribution in [0.4, 0.5) is 0 Å². The van der Waals surface area contributed by atoms with Gasteiger partial charge in [0.25, 0.3) is 0 Å². The van der Waals surface area contributed by atoms with Crippen LogP contribution < -0.4 is 0 Å². The number of hydrogen-bond acceptors (Lipinski definition) is 9. The van der Waals surface area contributed by atoms with Crippen LogP contribution in [0.5, 0.6) is 0 Å². The third kappa shape index (κ3) is 34.2. The van der Waals surface area contributed by atoms with Gasteiger partial charge in [-0.2, -0.15) is 0 Å². The molecule has 1 unspecified atom stereocenters. The smallest absolute Gasteiger partial charge is 0.462 e. The third-order valence-corrected chi connectivity index (χ3v) is 8.44. The van der Waals surface area contributed by atoms with E-state index in [-0.39, 0.29) is 19.4 Å². The molecule has 0 aliphatic rings. The molecule has 0 aromatic carbocycles. The summed E-state index contributed by atoms with van der Waals surface area (Å²) in [6, 6.07) is 0. The Morgan fingerprint density at radius 1 is 0.612 bits per heavy atom. The van der Waals surface area contributed by atoms with Gasteiger partial charge in [-0.1, -0.05) is 127 Å². The monoisotopic (exact) mass is 714 g/mol. The average molecular weight is 715 g/mol. The first-order valence-corrected chi connectivity index (χ1v) is 20.1. The van der Waals surface area contributed by atoms with Crippen molar-refractivity contribution >= 4 is 19.8 Å². The van der Waals surface area contributed by atoms with Gasteiger partial charge in [0.05, 0.1) is 19.8 Å². The second-order valence-electron chi connectivity index (χ2n) is 12.3. The zero-order valence-corrected chi connectivity index (χ0v) is 31.3. The maximum absolute atomic E-state index is 12.5. The molecule has 0 amide bonds. The fourth-order valence-corrected chi connectivity index (χ4v) is 5.36. The Kier molecular flexibility index (Phi) is 32.9. The molecule has 0 aromatic heterocycles. The minimum atomic E-state index is -4.62. The Bertz CT molecular complexity index is 962. The largest absolute Gasteiger partial charge is 0.472 e. The molecule has 3 N–H and O–H groups in total. The van der Waals surface area contributed by atoms with Gasteiger partial charge in [0.15, 0.2) is 6.10 Å². The van der Waals surface area contributed by atoms with Crippen LogP contribution in [-0.2, 0) is 32.7 Å². The number of carbonyl (C=O) groups excluding carboxylic acids is 2. The molecule has 0 rings (SSSR count). The average Bonchev–Trinajstić information content (AvgIpc) is 3.09. The van der Waals surface area contributed by atoms with Crippen molar-refractivity contribution in [2.24, 2.45) is 0 Å². The standard InChI is InChI=1S/C38H67O10P/c1-3-5-7-9-11-13-14-15-16-17-18-19-20-22-24-26-28-30-38(42)48-36(34-47-49(43,44)46-32-35(40)31-39)33-45-37(41)29-27-25-23-21-12-10-8-6-4-2/h11,13,15-16,18-19,22,24,35-36,39-40H,3-10,12,14,17,20-21,23,25-34H2,1-2H3,(H,43,44)/b13-11-,16-15-,19-18-,24-22-/t35-,36+/m0/s1. The molecule has 10 nitrogen and oxygen atoms in total. The van der Waals surface area contributed by atoms with Crippen LogP contribution in [0.1, 0.15) is 142 Å². The number of unbranched alkanes of at least 4 members (excludes halogenated alkanes) is 12. The highest BCUT2D eigenvalue weighted by Crippen LogP contribution is 2.43. The molecule has 0 heterocycles. The number of esters is 2. The van der Waals surface area contributed by atoms with Crippen LogP contribution in [0.25, 0.3) is 0 Å². The lowest BCUT2D eigenvalue weighted by molar-refractivity contribution is -0.161. The summed E-state index contributed by atoms with van der Waals surface area (Å²) in [4.78, 5) is 34.7. The highest BCUT2D eigenvalue weighted by atomic mass is 31.2. The van der Waals surface area contributed by atoms with Crippen LogP contribution in [0.2, 0.25) is 0 Å². The Morgan fingerprint density at radius 3 is 1.65 bits per heavy atom. The van der Waals surface area contributed by atoms with Crippen LogP contribution in [-0.4, -0.2) is 65.7 Å². The number of phosphoric ester groups is 1. The minimum absolute atomic E-state index is 0.108. The van der Waals surface area contributed by atoms with E-state index in [1.807, 2.05) is 12.2 Å². The van der Waals surface area contributed by atoms with Crippen LogP contribution in [0, 0.1) is 0 Å². The number of phosphoric acid groups is 1. The molecular formula is C38H67O10P. The van der Waals surface area contributed by atoms with Crippen molar-refractivity contribution in [3.63, 3.8) is 0 Å². The predicted octanol–water partition coefficient (Wildman–Crippen LogP) is 8.99. The Balaban J connectivity index is 4.49. The molecule has 284 valence electrons. The molecule has 0 saturated heterocycles. The fourth-order valence-electron chi connectivity index (χ4n) is 4.57. The van der Waals surface area contributed by atoms with Gasteiger partial charge in [0, 0.05) is 12.8 Å². The van der Waals surface area contributed by atoms with Gasteiger partial charge >= 0.3 is 19.8 Å². The van der Waals surface area contributed by atoms with E-state index in [1.54, 1.807) is 0 Å². The van der Waals surface area contributed by atoms with Crippen LogP contribution >= 0.6 is 7.82 Å². The number of rotatable bonds is 34. The number of ether oxygens (including phenoxy) is 2. The number of aliphatic hydroxyl groups excluding tert-OH is 2. The van der Waals surface area contributed by atoms with E-state index in [2.05, 4.69) is 54.8 Å². The van der Waals surface area contributed by atoms with E-state index in [0.717, 1.165) is 44.9 Å². The van der Waals surface area contributed by atoms with Crippen molar-refractivity contribution in [3.05, 3.63) is 48.6 Å². The molecule has 11 heteroatoms. The molecule has 49 heavy (non-hydrogen) atoms. The van der Waals surface area contributed by atoms with Gasteiger partial charge in [-0.3, -0.25) is 18.6 Å². The molecule has 0 radical (unpaired) electrons. The summed E-state index contributed by atoms with van der Waals surface area (Å²) in [7, 11) is -4.62. The highest BCUT2D eigenvalue weighted by molar-refractivity contribution is 7.47. The molecule has 0 saturated carbocycles. The lowest BCUT2D eigenvalue weighted by atomic mass is 10.1. The second kappa shape index (κ2) is 34.4. The lowest BCUT2D eigenvalue weighted by Gasteiger charge is -2.20. The van der Waals surface area contributed by atoms with Crippen molar-refractivity contribution in [1.82, 2.24) is 0 Å². The minimum Gasteiger partial charge on any atom is -0.462 e. The maximum atomic E-state index is 12.5. The quantitative estimate of drug-likeness (QED) is 0.0255. The van der Waals surface area contributed by atoms with Gasteiger partial charge in [-0.25, -0.2) is 4.57 Å². The predicted molar refractivity (Wildman–Crippen MR) is 196 cm³/mol. The number of hydrogen-bond donors (Lipinski definition) is 3. The van der Waals surface area contributed by atoms with E-state index >= 15 is 0 Å². The van der Waals surface area contributed by atoms with Crippen molar-refractivity contribution in [2.45, 2.75) is 154 Å². The van der Waals surface area contributed by atoms with Crippen LogP contribution in [0.15, 0.2) is 48.6 Å². The van der Waals surface area contributed by atoms with Crippen LogP contribution in [0.3, 0.4) is 0 Å². The summed E-state index contributed by atoms with van der Waals surface area (Å²) in [5, 5.41) is 18.2. The third-order valence-electron chi connectivity index (χ3n) is 7.49. The molecule has 0 bridgehead atoms. The van der Waals surface area contributed by atoms with Crippen molar-refractivity contribution in [2.75, 3.05) is 26.4 Å². The van der Waals surface area contributed by atoms with Gasteiger partial charge in [-0.15, -0.1) is 0 Å². The number of aliphatic hydroxyl groups is 2. The van der Waals surface area contributed by atoms with E-state index in [1.165, 1.54) is 51.4 Å². The van der Waals surface area contributed by atoms with Gasteiger partial charge < -0.3 is 24.6 Å². The first kappa shape index (κ1) is 46.9. The van der Waals surface area contributed by atoms with E-state index in [0.29, 0.717) is 19.3 Å². The number of carbonyl (C=O) groups is 2. The second-order valence-corrected chi connectivity index (χ2v) is 13.7. The van der Waals surface area contributed by atoms with Crippen molar-refractivity contribution < 1.29 is 47.8 Å². The molecule has 0 aliphatic carbocycles. The topological polar surface area (TPSA) is 149 Å². The first-order chi connectivity index (χ1) is 23.7. The Hall–Kier alpha value is -2.07.